The highest BCUT2D eigenvalue weighted by Crippen LogP contribution is 2.33. The maximum Gasteiger partial charge on any atom is 0.319 e. The first-order valence-electron chi connectivity index (χ1n) is 9.18. The van der Waals surface area contributed by atoms with Crippen LogP contribution in [0.2, 0.25) is 0 Å². The molecule has 5 nitrogen and oxygen atoms in total. The van der Waals surface area contributed by atoms with Crippen LogP contribution in [0.1, 0.15) is 29.5 Å². The first-order valence-corrected chi connectivity index (χ1v) is 9.18. The lowest BCUT2D eigenvalue weighted by atomic mass is 9.98. The maximum atomic E-state index is 12.3. The summed E-state index contributed by atoms with van der Waals surface area (Å²) in [7, 11) is 0. The van der Waals surface area contributed by atoms with Crippen molar-refractivity contribution in [3.05, 3.63) is 65.2 Å². The Morgan fingerprint density at radius 3 is 2.62 bits per heavy atom. The van der Waals surface area contributed by atoms with E-state index < -0.39 is 0 Å². The van der Waals surface area contributed by atoms with Crippen LogP contribution >= 0.6 is 0 Å². The predicted octanol–water partition coefficient (Wildman–Crippen LogP) is 3.30. The van der Waals surface area contributed by atoms with Crippen LogP contribution in [-0.4, -0.2) is 23.4 Å². The van der Waals surface area contributed by atoms with Crippen LogP contribution in [-0.2, 0) is 24.3 Å². The number of urea groups is 1. The molecule has 134 valence electrons. The molecule has 2 aliphatic rings. The molecule has 0 saturated heterocycles. The zero-order chi connectivity index (χ0) is 17.9. The minimum Gasteiger partial charge on any atom is -0.338 e. The van der Waals surface area contributed by atoms with E-state index in [1.165, 1.54) is 5.56 Å². The minimum absolute atomic E-state index is 0.226. The minimum atomic E-state index is -0.226. The molecule has 1 fully saturated rings. The summed E-state index contributed by atoms with van der Waals surface area (Å²) in [6.07, 6.45) is 2.95. The number of rotatable bonds is 4. The maximum absolute atomic E-state index is 12.3. The first-order chi connectivity index (χ1) is 12.7. The Balaban J connectivity index is 1.36. The summed E-state index contributed by atoms with van der Waals surface area (Å²) in [5.74, 6) is 0.538. The summed E-state index contributed by atoms with van der Waals surface area (Å²) < 4.78 is 0. The highest BCUT2D eigenvalue weighted by molar-refractivity contribution is 5.89. The summed E-state index contributed by atoms with van der Waals surface area (Å²) in [4.78, 5) is 26.4. The molecule has 1 aliphatic carbocycles. The number of nitrogens with one attached hydrogen (secondary N) is 2. The van der Waals surface area contributed by atoms with Crippen LogP contribution in [0, 0.1) is 5.92 Å². The summed E-state index contributed by atoms with van der Waals surface area (Å²) in [6.45, 7) is 1.93. The van der Waals surface area contributed by atoms with Crippen molar-refractivity contribution >= 4 is 17.6 Å². The lowest BCUT2D eigenvalue weighted by molar-refractivity contribution is -0.133. The van der Waals surface area contributed by atoms with Crippen molar-refractivity contribution in [1.82, 2.24) is 10.2 Å². The van der Waals surface area contributed by atoms with Gasteiger partial charge in [-0.3, -0.25) is 4.79 Å². The van der Waals surface area contributed by atoms with Crippen LogP contribution in [0.5, 0.6) is 0 Å². The van der Waals surface area contributed by atoms with Crippen LogP contribution in [0.3, 0.4) is 0 Å². The SMILES string of the molecule is O=C(NCc1ccccc1)Nc1ccc2c(c1)CN(C(=O)C1CC1)CC2. The van der Waals surface area contributed by atoms with Gasteiger partial charge in [0.2, 0.25) is 5.91 Å². The van der Waals surface area contributed by atoms with Gasteiger partial charge in [0.1, 0.15) is 0 Å². The third-order valence-electron chi connectivity index (χ3n) is 5.01. The number of hydrogen-bond acceptors (Lipinski definition) is 2. The average Bonchev–Trinajstić information content (AvgIpc) is 3.51. The normalized spacial score (nSPS) is 15.9. The third kappa shape index (κ3) is 3.87. The fourth-order valence-corrected chi connectivity index (χ4v) is 3.36. The fourth-order valence-electron chi connectivity index (χ4n) is 3.36. The second kappa shape index (κ2) is 7.20. The van der Waals surface area contributed by atoms with Gasteiger partial charge in [-0.2, -0.15) is 0 Å². The average molecular weight is 349 g/mol. The number of anilines is 1. The first kappa shape index (κ1) is 16.6. The zero-order valence-corrected chi connectivity index (χ0v) is 14.7. The second-order valence-corrected chi connectivity index (χ2v) is 7.06. The molecule has 0 spiro atoms. The Kier molecular flexibility index (Phi) is 4.61. The van der Waals surface area contributed by atoms with Crippen LogP contribution < -0.4 is 10.6 Å². The van der Waals surface area contributed by atoms with E-state index in [-0.39, 0.29) is 17.9 Å². The number of nitrogens with zero attached hydrogens (tertiary/aromatic N) is 1. The molecule has 0 bridgehead atoms. The summed E-state index contributed by atoms with van der Waals surface area (Å²) >= 11 is 0. The zero-order valence-electron chi connectivity index (χ0n) is 14.7. The quantitative estimate of drug-likeness (QED) is 0.890. The molecule has 0 unspecified atom stereocenters. The Labute approximate surface area is 153 Å². The molecule has 0 atom stereocenters. The van der Waals surface area contributed by atoms with E-state index in [0.29, 0.717) is 13.1 Å². The molecule has 0 radical (unpaired) electrons. The summed E-state index contributed by atoms with van der Waals surface area (Å²) in [6, 6.07) is 15.6. The number of carbonyl (C=O) groups is 2. The van der Waals surface area contributed by atoms with Crippen molar-refractivity contribution in [3.8, 4) is 0 Å². The van der Waals surface area contributed by atoms with Crippen LogP contribution in [0.15, 0.2) is 48.5 Å². The third-order valence-corrected chi connectivity index (χ3v) is 5.01. The highest BCUT2D eigenvalue weighted by atomic mass is 16.2. The smallest absolute Gasteiger partial charge is 0.319 e. The Morgan fingerprint density at radius 1 is 1.04 bits per heavy atom. The van der Waals surface area contributed by atoms with E-state index in [9.17, 15) is 9.59 Å². The summed E-state index contributed by atoms with van der Waals surface area (Å²) in [5.41, 5.74) is 4.21. The topological polar surface area (TPSA) is 61.4 Å². The second-order valence-electron chi connectivity index (χ2n) is 7.06. The lowest BCUT2D eigenvalue weighted by Crippen LogP contribution is -2.37. The molecule has 1 aliphatic heterocycles. The summed E-state index contributed by atoms with van der Waals surface area (Å²) in [5, 5.41) is 5.75. The lowest BCUT2D eigenvalue weighted by Gasteiger charge is -2.29. The van der Waals surface area contributed by atoms with Crippen molar-refractivity contribution in [1.29, 1.82) is 0 Å². The van der Waals surface area contributed by atoms with E-state index >= 15 is 0 Å². The molecule has 2 aromatic rings. The van der Waals surface area contributed by atoms with Gasteiger partial charge in [0.25, 0.3) is 0 Å². The molecule has 5 heteroatoms. The van der Waals surface area contributed by atoms with E-state index in [0.717, 1.165) is 42.6 Å². The number of carbonyl (C=O) groups excluding carboxylic acids is 2. The number of amides is 3. The van der Waals surface area contributed by atoms with Crippen molar-refractivity contribution in [2.45, 2.75) is 32.4 Å². The van der Waals surface area contributed by atoms with Crippen molar-refractivity contribution < 1.29 is 9.59 Å². The molecule has 2 aromatic carbocycles. The van der Waals surface area contributed by atoms with E-state index in [1.54, 1.807) is 0 Å². The van der Waals surface area contributed by atoms with Gasteiger partial charge in [-0.25, -0.2) is 4.79 Å². The molecule has 0 aromatic heterocycles. The van der Waals surface area contributed by atoms with Crippen molar-refractivity contribution in [3.63, 3.8) is 0 Å². The molecule has 1 saturated carbocycles. The molecule has 1 heterocycles. The number of hydrogen-bond donors (Lipinski definition) is 2. The van der Waals surface area contributed by atoms with Gasteiger partial charge in [-0.15, -0.1) is 0 Å². The Bertz CT molecular complexity index is 815. The molecule has 3 amide bonds. The van der Waals surface area contributed by atoms with E-state index in [1.807, 2.05) is 47.4 Å². The molecule has 26 heavy (non-hydrogen) atoms. The number of fused-ring (bicyclic) bond motifs is 1. The fraction of sp³-hybridized carbons (Fsp3) is 0.333. The van der Waals surface area contributed by atoms with Gasteiger partial charge in [0, 0.05) is 31.2 Å². The van der Waals surface area contributed by atoms with E-state index in [2.05, 4.69) is 16.7 Å². The van der Waals surface area contributed by atoms with Crippen LogP contribution in [0.4, 0.5) is 10.5 Å². The molecule has 2 N–H and O–H groups in total. The van der Waals surface area contributed by atoms with E-state index in [4.69, 9.17) is 0 Å². The van der Waals surface area contributed by atoms with Gasteiger partial charge in [0.15, 0.2) is 0 Å². The largest absolute Gasteiger partial charge is 0.338 e. The molecular weight excluding hydrogens is 326 g/mol. The van der Waals surface area contributed by atoms with Gasteiger partial charge in [-0.1, -0.05) is 36.4 Å². The van der Waals surface area contributed by atoms with Gasteiger partial charge < -0.3 is 15.5 Å². The van der Waals surface area contributed by atoms with Gasteiger partial charge in [-0.05, 0) is 48.1 Å². The standard InChI is InChI=1S/C21H23N3O2/c25-20(17-6-7-17)24-11-10-16-8-9-19(12-18(16)14-24)23-21(26)22-13-15-4-2-1-3-5-15/h1-5,8-9,12,17H,6-7,10-11,13-14H2,(H2,22,23,26). The highest BCUT2D eigenvalue weighted by Gasteiger charge is 2.34. The van der Waals surface area contributed by atoms with Crippen molar-refractivity contribution in [2.75, 3.05) is 11.9 Å². The van der Waals surface area contributed by atoms with Crippen LogP contribution in [0.25, 0.3) is 0 Å². The predicted molar refractivity (Wildman–Crippen MR) is 101 cm³/mol. The Morgan fingerprint density at radius 2 is 1.85 bits per heavy atom. The number of benzene rings is 2. The monoisotopic (exact) mass is 349 g/mol. The van der Waals surface area contributed by atoms with Gasteiger partial charge in [0.05, 0.1) is 0 Å². The van der Waals surface area contributed by atoms with Gasteiger partial charge >= 0.3 is 6.03 Å². The Hall–Kier alpha value is -2.82. The molecule has 4 rings (SSSR count). The van der Waals surface area contributed by atoms with Crippen molar-refractivity contribution in [2.24, 2.45) is 5.92 Å². The molecular formula is C21H23N3O2.